The van der Waals surface area contributed by atoms with Gasteiger partial charge in [0, 0.05) is 36.6 Å². The quantitative estimate of drug-likeness (QED) is 0.849. The maximum Gasteiger partial charge on any atom is 0.225 e. The molecule has 28 heavy (non-hydrogen) atoms. The summed E-state index contributed by atoms with van der Waals surface area (Å²) in [5.74, 6) is 0.791. The monoisotopic (exact) mass is 378 g/mol. The lowest BCUT2D eigenvalue weighted by atomic mass is 9.83. The van der Waals surface area contributed by atoms with Gasteiger partial charge in [-0.15, -0.1) is 0 Å². The molecule has 1 amide bonds. The van der Waals surface area contributed by atoms with E-state index in [1.54, 1.807) is 18.2 Å². The molecule has 1 aromatic heterocycles. The number of pyridine rings is 1. The van der Waals surface area contributed by atoms with Crippen LogP contribution in [-0.4, -0.2) is 34.6 Å². The molecule has 0 bridgehead atoms. The van der Waals surface area contributed by atoms with Gasteiger partial charge in [-0.3, -0.25) is 4.79 Å². The second-order valence-corrected chi connectivity index (χ2v) is 7.31. The fraction of sp³-hybridized carbons (Fsp3) is 0.381. The standard InChI is InChI=1S/C21H22N4O3/c1-28-18-6-5-13(9-17(18)26)19-14(10-22)20(23)24-16-7-8-25(11-15(16)19)21(27)12-3-2-4-12/h5-6,9,12,26H,2-4,7-8,11H2,1H3,(H2,23,24). The summed E-state index contributed by atoms with van der Waals surface area (Å²) < 4.78 is 5.12. The van der Waals surface area contributed by atoms with Crippen LogP contribution in [0.15, 0.2) is 18.2 Å². The topological polar surface area (TPSA) is 112 Å². The van der Waals surface area contributed by atoms with Crippen LogP contribution in [0.4, 0.5) is 5.82 Å². The van der Waals surface area contributed by atoms with Gasteiger partial charge in [0.05, 0.1) is 12.8 Å². The predicted molar refractivity (Wildman–Crippen MR) is 103 cm³/mol. The van der Waals surface area contributed by atoms with Crippen molar-refractivity contribution in [2.24, 2.45) is 5.92 Å². The van der Waals surface area contributed by atoms with E-state index in [1.807, 2.05) is 4.90 Å². The number of hydrogen-bond donors (Lipinski definition) is 2. The number of ether oxygens (including phenoxy) is 1. The number of fused-ring (bicyclic) bond motifs is 1. The van der Waals surface area contributed by atoms with Crippen LogP contribution in [0.3, 0.4) is 0 Å². The number of nitrogens with two attached hydrogens (primary N) is 1. The van der Waals surface area contributed by atoms with E-state index in [-0.39, 0.29) is 29.0 Å². The number of nitrogen functional groups attached to an aromatic ring is 1. The minimum atomic E-state index is -0.0220. The van der Waals surface area contributed by atoms with Crippen LogP contribution in [0.1, 0.15) is 36.1 Å². The average molecular weight is 378 g/mol. The van der Waals surface area contributed by atoms with Crippen molar-refractivity contribution in [2.45, 2.75) is 32.2 Å². The third-order valence-electron chi connectivity index (χ3n) is 5.72. The molecule has 1 saturated carbocycles. The van der Waals surface area contributed by atoms with Crippen molar-refractivity contribution in [2.75, 3.05) is 19.4 Å². The molecule has 144 valence electrons. The molecule has 1 fully saturated rings. The van der Waals surface area contributed by atoms with Crippen LogP contribution in [-0.2, 0) is 17.8 Å². The van der Waals surface area contributed by atoms with Gasteiger partial charge in [0.2, 0.25) is 5.91 Å². The highest BCUT2D eigenvalue weighted by Gasteiger charge is 2.33. The molecule has 1 aliphatic heterocycles. The van der Waals surface area contributed by atoms with Crippen LogP contribution in [0.2, 0.25) is 0 Å². The number of nitrogens with zero attached hydrogens (tertiary/aromatic N) is 3. The Bertz CT molecular complexity index is 992. The Kier molecular flexibility index (Phi) is 4.55. The van der Waals surface area contributed by atoms with Crippen molar-refractivity contribution in [3.05, 3.63) is 35.0 Å². The van der Waals surface area contributed by atoms with E-state index in [1.165, 1.54) is 7.11 Å². The van der Waals surface area contributed by atoms with E-state index in [2.05, 4.69) is 11.1 Å². The van der Waals surface area contributed by atoms with Crippen molar-refractivity contribution < 1.29 is 14.6 Å². The molecular formula is C21H22N4O3. The molecule has 0 spiro atoms. The first-order chi connectivity index (χ1) is 13.5. The van der Waals surface area contributed by atoms with Gasteiger partial charge in [-0.1, -0.05) is 12.5 Å². The normalized spacial score (nSPS) is 16.1. The number of rotatable bonds is 3. The summed E-state index contributed by atoms with van der Waals surface area (Å²) in [4.78, 5) is 19.0. The molecule has 0 unspecified atom stereocenters. The predicted octanol–water partition coefficient (Wildman–Crippen LogP) is 2.60. The van der Waals surface area contributed by atoms with Gasteiger partial charge >= 0.3 is 0 Å². The SMILES string of the molecule is COc1ccc(-c2c(C#N)c(N)nc3c2CN(C(=O)C2CCC2)CC3)cc1O. The Morgan fingerprint density at radius 2 is 2.21 bits per heavy atom. The Morgan fingerprint density at radius 3 is 2.82 bits per heavy atom. The Labute approximate surface area is 163 Å². The Balaban J connectivity index is 1.82. The van der Waals surface area contributed by atoms with Crippen molar-refractivity contribution in [3.63, 3.8) is 0 Å². The number of nitriles is 1. The van der Waals surface area contributed by atoms with Gasteiger partial charge in [0.1, 0.15) is 17.5 Å². The van der Waals surface area contributed by atoms with E-state index < -0.39 is 0 Å². The van der Waals surface area contributed by atoms with Crippen molar-refractivity contribution in [1.29, 1.82) is 5.26 Å². The summed E-state index contributed by atoms with van der Waals surface area (Å²) in [5, 5.41) is 19.9. The number of phenols is 1. The number of phenolic OH excluding ortho intramolecular Hbond substituents is 1. The highest BCUT2D eigenvalue weighted by Crippen LogP contribution is 2.39. The van der Waals surface area contributed by atoms with Crippen LogP contribution in [0.25, 0.3) is 11.1 Å². The maximum absolute atomic E-state index is 12.8. The largest absolute Gasteiger partial charge is 0.504 e. The van der Waals surface area contributed by atoms with Gasteiger partial charge in [0.15, 0.2) is 11.5 Å². The average Bonchev–Trinajstić information content (AvgIpc) is 2.65. The number of carbonyl (C=O) groups excluding carboxylic acids is 1. The van der Waals surface area contributed by atoms with E-state index >= 15 is 0 Å². The molecular weight excluding hydrogens is 356 g/mol. The second kappa shape index (κ2) is 7.04. The molecule has 7 nitrogen and oxygen atoms in total. The van der Waals surface area contributed by atoms with Crippen molar-refractivity contribution in [1.82, 2.24) is 9.88 Å². The number of benzene rings is 1. The van der Waals surface area contributed by atoms with Gasteiger partial charge in [-0.2, -0.15) is 5.26 Å². The summed E-state index contributed by atoms with van der Waals surface area (Å²) in [6, 6.07) is 7.13. The zero-order valence-electron chi connectivity index (χ0n) is 15.7. The zero-order valence-corrected chi connectivity index (χ0v) is 15.7. The van der Waals surface area contributed by atoms with Crippen LogP contribution >= 0.6 is 0 Å². The van der Waals surface area contributed by atoms with Crippen molar-refractivity contribution in [3.8, 4) is 28.7 Å². The Morgan fingerprint density at radius 1 is 1.43 bits per heavy atom. The third kappa shape index (κ3) is 2.91. The number of anilines is 1. The van der Waals surface area contributed by atoms with Crippen LogP contribution in [0.5, 0.6) is 11.5 Å². The molecule has 0 radical (unpaired) electrons. The van der Waals surface area contributed by atoms with Crippen LogP contribution in [0, 0.1) is 17.2 Å². The van der Waals surface area contributed by atoms with Gasteiger partial charge < -0.3 is 20.5 Å². The van der Waals surface area contributed by atoms with Gasteiger partial charge in [0.25, 0.3) is 0 Å². The molecule has 1 aliphatic carbocycles. The van der Waals surface area contributed by atoms with E-state index in [9.17, 15) is 15.2 Å². The molecule has 2 aliphatic rings. The lowest BCUT2D eigenvalue weighted by Gasteiger charge is -2.35. The first-order valence-electron chi connectivity index (χ1n) is 9.41. The number of aromatic hydroxyl groups is 1. The van der Waals surface area contributed by atoms with E-state index in [0.717, 1.165) is 30.5 Å². The summed E-state index contributed by atoms with van der Waals surface area (Å²) in [6.45, 7) is 1.00. The van der Waals surface area contributed by atoms with E-state index in [0.29, 0.717) is 36.4 Å². The maximum atomic E-state index is 12.8. The fourth-order valence-electron chi connectivity index (χ4n) is 3.96. The van der Waals surface area contributed by atoms with Crippen molar-refractivity contribution >= 4 is 11.7 Å². The molecule has 4 rings (SSSR count). The highest BCUT2D eigenvalue weighted by atomic mass is 16.5. The molecule has 3 N–H and O–H groups in total. The van der Waals surface area contributed by atoms with Gasteiger partial charge in [-0.05, 0) is 30.5 Å². The molecule has 0 saturated heterocycles. The lowest BCUT2D eigenvalue weighted by molar-refractivity contribution is -0.139. The number of carbonyl (C=O) groups is 1. The second-order valence-electron chi connectivity index (χ2n) is 7.31. The number of amides is 1. The molecule has 2 heterocycles. The molecule has 7 heteroatoms. The van der Waals surface area contributed by atoms with Crippen LogP contribution < -0.4 is 10.5 Å². The third-order valence-corrected chi connectivity index (χ3v) is 5.72. The first-order valence-corrected chi connectivity index (χ1v) is 9.41. The first kappa shape index (κ1) is 18.1. The molecule has 0 atom stereocenters. The minimum Gasteiger partial charge on any atom is -0.504 e. The summed E-state index contributed by atoms with van der Waals surface area (Å²) in [5.41, 5.74) is 9.24. The summed E-state index contributed by atoms with van der Waals surface area (Å²) in [6.07, 6.45) is 3.60. The molecule has 1 aromatic carbocycles. The molecule has 2 aromatic rings. The summed E-state index contributed by atoms with van der Waals surface area (Å²) >= 11 is 0. The number of methoxy groups -OCH3 is 1. The summed E-state index contributed by atoms with van der Waals surface area (Å²) in [7, 11) is 1.48. The highest BCUT2D eigenvalue weighted by molar-refractivity contribution is 5.83. The number of hydrogen-bond acceptors (Lipinski definition) is 6. The fourth-order valence-corrected chi connectivity index (χ4v) is 3.96. The smallest absolute Gasteiger partial charge is 0.225 e. The van der Waals surface area contributed by atoms with E-state index in [4.69, 9.17) is 10.5 Å². The minimum absolute atomic E-state index is 0.0220. The number of aromatic nitrogens is 1. The Hall–Kier alpha value is -3.27. The van der Waals surface area contributed by atoms with Gasteiger partial charge in [-0.25, -0.2) is 4.98 Å². The lowest BCUT2D eigenvalue weighted by Crippen LogP contribution is -2.42. The zero-order chi connectivity index (χ0) is 19.8.